The standard InChI is InChI=1S/C20H18ClN3S/c1-16(23-13-12-22-15-23)19-14-20(21)25(18-10-6-3-7-11-18)24(19)17-8-4-2-5-9-17/h2-16H,1H3. The van der Waals surface area contributed by atoms with Crippen LogP contribution in [0, 0.1) is 0 Å². The number of rotatable bonds is 4. The molecule has 25 heavy (non-hydrogen) atoms. The van der Waals surface area contributed by atoms with Crippen molar-refractivity contribution in [1.29, 1.82) is 0 Å². The van der Waals surface area contributed by atoms with Gasteiger partial charge in [-0.1, -0.05) is 48.0 Å². The van der Waals surface area contributed by atoms with E-state index in [1.807, 2.05) is 24.7 Å². The highest BCUT2D eigenvalue weighted by molar-refractivity contribution is 8.19. The summed E-state index contributed by atoms with van der Waals surface area (Å²) in [5, 5.41) is 0. The molecule has 2 atom stereocenters. The number of imidazole rings is 1. The summed E-state index contributed by atoms with van der Waals surface area (Å²) in [5.41, 5.74) is 2.31. The van der Waals surface area contributed by atoms with Crippen molar-refractivity contribution >= 4 is 32.3 Å². The molecule has 0 bridgehead atoms. The Morgan fingerprint density at radius 2 is 1.68 bits per heavy atom. The van der Waals surface area contributed by atoms with Gasteiger partial charge in [-0.2, -0.15) is 0 Å². The third-order valence-electron chi connectivity index (χ3n) is 4.22. The number of aromatic nitrogens is 2. The molecule has 0 amide bonds. The second kappa shape index (κ2) is 6.90. The first kappa shape index (κ1) is 16.2. The van der Waals surface area contributed by atoms with Crippen LogP contribution in [0.25, 0.3) is 0 Å². The molecule has 1 aliphatic rings. The van der Waals surface area contributed by atoms with Crippen LogP contribution in [0.2, 0.25) is 0 Å². The highest BCUT2D eigenvalue weighted by atomic mass is 35.5. The number of para-hydroxylation sites is 1. The Kier molecular flexibility index (Phi) is 4.47. The van der Waals surface area contributed by atoms with E-state index in [9.17, 15) is 0 Å². The smallest absolute Gasteiger partial charge is 0.0952 e. The van der Waals surface area contributed by atoms with Crippen LogP contribution in [-0.2, 0) is 0 Å². The Hall–Kier alpha value is -2.30. The lowest BCUT2D eigenvalue weighted by molar-refractivity contribution is 0.622. The molecule has 0 saturated heterocycles. The van der Waals surface area contributed by atoms with Gasteiger partial charge in [-0.3, -0.25) is 4.31 Å². The Morgan fingerprint density at radius 3 is 2.32 bits per heavy atom. The molecule has 0 fully saturated rings. The number of anilines is 1. The van der Waals surface area contributed by atoms with E-state index in [1.165, 1.54) is 10.6 Å². The quantitative estimate of drug-likeness (QED) is 0.451. The van der Waals surface area contributed by atoms with Crippen molar-refractivity contribution in [2.24, 2.45) is 0 Å². The molecule has 2 aromatic carbocycles. The zero-order chi connectivity index (χ0) is 17.2. The molecule has 126 valence electrons. The van der Waals surface area contributed by atoms with E-state index < -0.39 is 0 Å². The third kappa shape index (κ3) is 3.03. The molecule has 2 unspecified atom stereocenters. The van der Waals surface area contributed by atoms with Crippen LogP contribution in [-0.4, -0.2) is 13.9 Å². The molecule has 2 heterocycles. The topological polar surface area (TPSA) is 21.1 Å². The summed E-state index contributed by atoms with van der Waals surface area (Å²) in [4.78, 5) is 5.40. The molecule has 3 nitrogen and oxygen atoms in total. The Morgan fingerprint density at radius 1 is 1.00 bits per heavy atom. The van der Waals surface area contributed by atoms with Gasteiger partial charge in [0.05, 0.1) is 28.1 Å². The summed E-state index contributed by atoms with van der Waals surface area (Å²) in [6, 6.07) is 21.0. The lowest BCUT2D eigenvalue weighted by atomic mass is 10.2. The van der Waals surface area contributed by atoms with Crippen LogP contribution in [0.4, 0.5) is 5.69 Å². The highest BCUT2D eigenvalue weighted by Crippen LogP contribution is 2.47. The second-order valence-electron chi connectivity index (χ2n) is 5.79. The van der Waals surface area contributed by atoms with Crippen molar-refractivity contribution in [2.75, 3.05) is 4.31 Å². The summed E-state index contributed by atoms with van der Waals surface area (Å²) in [5.74, 6) is 0. The largest absolute Gasteiger partial charge is 0.329 e. The molecular weight excluding hydrogens is 350 g/mol. The second-order valence-corrected chi connectivity index (χ2v) is 8.26. The van der Waals surface area contributed by atoms with Gasteiger partial charge in [-0.05, 0) is 47.9 Å². The fourth-order valence-electron chi connectivity index (χ4n) is 2.95. The molecule has 0 N–H and O–H groups in total. The normalized spacial score (nSPS) is 18.3. The highest BCUT2D eigenvalue weighted by Gasteiger charge is 2.29. The van der Waals surface area contributed by atoms with Crippen molar-refractivity contribution in [3.8, 4) is 0 Å². The minimum absolute atomic E-state index is 0.137. The monoisotopic (exact) mass is 367 g/mol. The van der Waals surface area contributed by atoms with Gasteiger partial charge in [0.2, 0.25) is 0 Å². The summed E-state index contributed by atoms with van der Waals surface area (Å²) in [7, 11) is -0.347. The lowest BCUT2D eigenvalue weighted by Gasteiger charge is -2.30. The van der Waals surface area contributed by atoms with E-state index in [4.69, 9.17) is 11.6 Å². The van der Waals surface area contributed by atoms with E-state index in [0.717, 1.165) is 10.0 Å². The number of hydrogen-bond donors (Lipinski definition) is 0. The van der Waals surface area contributed by atoms with Gasteiger partial charge in [0.25, 0.3) is 0 Å². The SMILES string of the molecule is CC(C1=CC(Cl)=S(c2ccccc2)N1c1ccccc1)n1ccnc1. The van der Waals surface area contributed by atoms with Gasteiger partial charge >= 0.3 is 0 Å². The fourth-order valence-corrected chi connectivity index (χ4v) is 5.54. The average Bonchev–Trinajstić information content (AvgIpc) is 3.30. The summed E-state index contributed by atoms with van der Waals surface area (Å²) in [6.07, 6.45) is 7.75. The van der Waals surface area contributed by atoms with Crippen LogP contribution in [0.1, 0.15) is 13.0 Å². The fraction of sp³-hybridized carbons (Fsp3) is 0.100. The number of hydrogen-bond acceptors (Lipinski definition) is 2. The number of halogens is 1. The van der Waals surface area contributed by atoms with Crippen molar-refractivity contribution in [1.82, 2.24) is 9.55 Å². The number of benzene rings is 2. The molecular formula is C20H18ClN3S. The molecule has 0 spiro atoms. The minimum Gasteiger partial charge on any atom is -0.329 e. The molecule has 0 radical (unpaired) electrons. The molecule has 0 aliphatic carbocycles. The molecule has 5 heteroatoms. The summed E-state index contributed by atoms with van der Waals surface area (Å²) in [6.45, 7) is 2.17. The van der Waals surface area contributed by atoms with Crippen molar-refractivity contribution < 1.29 is 0 Å². The molecule has 4 rings (SSSR count). The molecule has 3 aromatic rings. The van der Waals surface area contributed by atoms with Gasteiger partial charge in [0.15, 0.2) is 0 Å². The zero-order valence-corrected chi connectivity index (χ0v) is 15.4. The van der Waals surface area contributed by atoms with Gasteiger partial charge in [-0.15, -0.1) is 0 Å². The van der Waals surface area contributed by atoms with E-state index in [-0.39, 0.29) is 16.7 Å². The van der Waals surface area contributed by atoms with Crippen molar-refractivity contribution in [3.63, 3.8) is 0 Å². The van der Waals surface area contributed by atoms with Gasteiger partial charge in [0, 0.05) is 17.3 Å². The third-order valence-corrected chi connectivity index (χ3v) is 6.76. The maximum atomic E-state index is 6.74. The maximum absolute atomic E-state index is 6.74. The van der Waals surface area contributed by atoms with Crippen LogP contribution in [0.5, 0.6) is 0 Å². The Balaban J connectivity index is 1.82. The van der Waals surface area contributed by atoms with E-state index in [0.29, 0.717) is 0 Å². The van der Waals surface area contributed by atoms with Gasteiger partial charge in [0.1, 0.15) is 0 Å². The van der Waals surface area contributed by atoms with E-state index >= 15 is 0 Å². The van der Waals surface area contributed by atoms with Crippen LogP contribution in [0.3, 0.4) is 0 Å². The predicted octanol–water partition coefficient (Wildman–Crippen LogP) is 5.46. The first-order valence-electron chi connectivity index (χ1n) is 8.12. The number of allylic oxidation sites excluding steroid dienone is 2. The Labute approximate surface area is 155 Å². The molecule has 0 saturated carbocycles. The van der Waals surface area contributed by atoms with Crippen LogP contribution >= 0.6 is 22.3 Å². The zero-order valence-electron chi connectivity index (χ0n) is 13.8. The average molecular weight is 368 g/mol. The van der Waals surface area contributed by atoms with Crippen molar-refractivity contribution in [3.05, 3.63) is 91.2 Å². The van der Waals surface area contributed by atoms with E-state index in [1.54, 1.807) is 6.20 Å². The maximum Gasteiger partial charge on any atom is 0.0952 e. The first-order chi connectivity index (χ1) is 12.3. The van der Waals surface area contributed by atoms with Crippen LogP contribution in [0.15, 0.2) is 96.1 Å². The lowest BCUT2D eigenvalue weighted by Crippen LogP contribution is -2.20. The van der Waals surface area contributed by atoms with E-state index in [2.05, 4.69) is 75.4 Å². The summed E-state index contributed by atoms with van der Waals surface area (Å²) < 4.78 is 5.31. The predicted molar refractivity (Wildman–Crippen MR) is 107 cm³/mol. The van der Waals surface area contributed by atoms with Crippen molar-refractivity contribution in [2.45, 2.75) is 17.9 Å². The molecule has 1 aliphatic heterocycles. The van der Waals surface area contributed by atoms with Crippen LogP contribution < -0.4 is 4.31 Å². The first-order valence-corrected chi connectivity index (χ1v) is 9.68. The van der Waals surface area contributed by atoms with Gasteiger partial charge < -0.3 is 4.57 Å². The summed E-state index contributed by atoms with van der Waals surface area (Å²) >= 11 is 6.74. The Bertz CT molecular complexity index is 918. The van der Waals surface area contributed by atoms with Gasteiger partial charge in [-0.25, -0.2) is 4.98 Å². The minimum atomic E-state index is -0.347. The number of nitrogens with zero attached hydrogens (tertiary/aromatic N) is 3. The molecule has 1 aromatic heterocycles.